The van der Waals surface area contributed by atoms with E-state index in [1.807, 2.05) is 20.8 Å². The highest BCUT2D eigenvalue weighted by Gasteiger charge is 2.23. The summed E-state index contributed by atoms with van der Waals surface area (Å²) in [5.41, 5.74) is -0.113. The Morgan fingerprint density at radius 1 is 1.50 bits per heavy atom. The molecule has 0 aromatic heterocycles. The largest absolute Gasteiger partial charge is 0.380 e. The molecule has 0 saturated carbocycles. The van der Waals surface area contributed by atoms with Crippen LogP contribution in [0.25, 0.3) is 0 Å². The van der Waals surface area contributed by atoms with E-state index in [2.05, 4.69) is 0 Å². The Morgan fingerprint density at radius 2 is 2.21 bits per heavy atom. The molecule has 0 spiro atoms. The molecule has 0 aliphatic carbocycles. The molecule has 0 amide bonds. The summed E-state index contributed by atoms with van der Waals surface area (Å²) in [6, 6.07) is 0. The van der Waals surface area contributed by atoms with Gasteiger partial charge in [0.05, 0.1) is 18.8 Å². The summed E-state index contributed by atoms with van der Waals surface area (Å²) in [7, 11) is 0. The minimum Gasteiger partial charge on any atom is -0.380 e. The third-order valence-corrected chi connectivity index (χ3v) is 2.27. The van der Waals surface area contributed by atoms with E-state index in [9.17, 15) is 4.79 Å². The minimum absolute atomic E-state index is 0.0612. The molecule has 3 nitrogen and oxygen atoms in total. The van der Waals surface area contributed by atoms with E-state index in [0.717, 1.165) is 6.42 Å². The average molecular weight is 200 g/mol. The Labute approximate surface area is 85.8 Å². The minimum atomic E-state index is -0.113. The van der Waals surface area contributed by atoms with Crippen LogP contribution in [0.15, 0.2) is 0 Å². The van der Waals surface area contributed by atoms with Crippen LogP contribution in [0.1, 0.15) is 33.6 Å². The Morgan fingerprint density at radius 3 is 2.79 bits per heavy atom. The van der Waals surface area contributed by atoms with Gasteiger partial charge >= 0.3 is 0 Å². The Balaban J connectivity index is 2.20. The van der Waals surface area contributed by atoms with Crippen LogP contribution in [0, 0.1) is 5.92 Å². The topological polar surface area (TPSA) is 35.5 Å². The summed E-state index contributed by atoms with van der Waals surface area (Å²) in [4.78, 5) is 11.4. The molecule has 0 radical (unpaired) electrons. The number of hydrogen-bond acceptors (Lipinski definition) is 3. The van der Waals surface area contributed by atoms with Crippen molar-refractivity contribution >= 4 is 5.78 Å². The standard InChI is InChI=1S/C11H20O3/c1-11(2,3)14-7-4-9-8-13-6-5-10(9)12/h9H,4-8H2,1-3H3. The van der Waals surface area contributed by atoms with Crippen molar-refractivity contribution in [1.29, 1.82) is 0 Å². The van der Waals surface area contributed by atoms with Gasteiger partial charge in [0.1, 0.15) is 5.78 Å². The van der Waals surface area contributed by atoms with Crippen LogP contribution in [0.5, 0.6) is 0 Å². The number of carbonyl (C=O) groups is 1. The van der Waals surface area contributed by atoms with Gasteiger partial charge in [0, 0.05) is 18.9 Å². The Kier molecular flexibility index (Phi) is 4.08. The molecule has 0 aromatic carbocycles. The van der Waals surface area contributed by atoms with Gasteiger partial charge in [-0.3, -0.25) is 4.79 Å². The molecule has 1 fully saturated rings. The van der Waals surface area contributed by atoms with Crippen LogP contribution < -0.4 is 0 Å². The lowest BCUT2D eigenvalue weighted by molar-refractivity contribution is -0.132. The normalized spacial score (nSPS) is 23.9. The third-order valence-electron chi connectivity index (χ3n) is 2.27. The smallest absolute Gasteiger partial charge is 0.140 e. The lowest BCUT2D eigenvalue weighted by Gasteiger charge is -2.24. The molecule has 1 aliphatic rings. The Bertz CT molecular complexity index is 193. The maximum Gasteiger partial charge on any atom is 0.140 e. The van der Waals surface area contributed by atoms with Crippen molar-refractivity contribution in [1.82, 2.24) is 0 Å². The second-order valence-corrected chi connectivity index (χ2v) is 4.74. The summed E-state index contributed by atoms with van der Waals surface area (Å²) in [6.07, 6.45) is 1.36. The number of ether oxygens (including phenoxy) is 2. The average Bonchev–Trinajstić information content (AvgIpc) is 2.06. The van der Waals surface area contributed by atoms with Crippen molar-refractivity contribution in [2.45, 2.75) is 39.2 Å². The van der Waals surface area contributed by atoms with E-state index >= 15 is 0 Å². The molecule has 1 rings (SSSR count). The summed E-state index contributed by atoms with van der Waals surface area (Å²) in [5, 5.41) is 0. The quantitative estimate of drug-likeness (QED) is 0.697. The van der Waals surface area contributed by atoms with Crippen molar-refractivity contribution in [3.05, 3.63) is 0 Å². The molecule has 0 bridgehead atoms. The number of carbonyl (C=O) groups excluding carboxylic acids is 1. The zero-order chi connectivity index (χ0) is 10.6. The van der Waals surface area contributed by atoms with Gasteiger partial charge in [0.25, 0.3) is 0 Å². The molecule has 3 heteroatoms. The molecule has 14 heavy (non-hydrogen) atoms. The second-order valence-electron chi connectivity index (χ2n) is 4.74. The van der Waals surface area contributed by atoms with Gasteiger partial charge in [-0.2, -0.15) is 0 Å². The third kappa shape index (κ3) is 4.20. The number of hydrogen-bond donors (Lipinski definition) is 0. The molecular formula is C11H20O3. The first-order chi connectivity index (χ1) is 6.49. The molecule has 0 N–H and O–H groups in total. The predicted octanol–water partition coefficient (Wildman–Crippen LogP) is 1.80. The molecule has 1 heterocycles. The molecule has 1 saturated heterocycles. The summed E-state index contributed by atoms with van der Waals surface area (Å²) in [5.74, 6) is 0.389. The van der Waals surface area contributed by atoms with E-state index < -0.39 is 0 Å². The van der Waals surface area contributed by atoms with Crippen molar-refractivity contribution in [2.24, 2.45) is 5.92 Å². The van der Waals surface area contributed by atoms with Gasteiger partial charge in [-0.15, -0.1) is 0 Å². The monoisotopic (exact) mass is 200 g/mol. The van der Waals surface area contributed by atoms with E-state index in [1.165, 1.54) is 0 Å². The molecular weight excluding hydrogens is 180 g/mol. The van der Waals surface area contributed by atoms with Crippen LogP contribution >= 0.6 is 0 Å². The predicted molar refractivity (Wildman–Crippen MR) is 54.3 cm³/mol. The maximum absolute atomic E-state index is 11.4. The van der Waals surface area contributed by atoms with Gasteiger partial charge < -0.3 is 9.47 Å². The number of ketones is 1. The van der Waals surface area contributed by atoms with Crippen molar-refractivity contribution < 1.29 is 14.3 Å². The fourth-order valence-corrected chi connectivity index (χ4v) is 1.45. The van der Waals surface area contributed by atoms with Gasteiger partial charge in [-0.1, -0.05) is 0 Å². The first kappa shape index (κ1) is 11.7. The highest BCUT2D eigenvalue weighted by atomic mass is 16.5. The van der Waals surface area contributed by atoms with Crippen LogP contribution in [0.3, 0.4) is 0 Å². The van der Waals surface area contributed by atoms with Crippen LogP contribution in [-0.4, -0.2) is 31.2 Å². The summed E-state index contributed by atoms with van der Waals surface area (Å²) < 4.78 is 10.8. The molecule has 1 atom stereocenters. The lowest BCUT2D eigenvalue weighted by Crippen LogP contribution is -2.30. The summed E-state index contributed by atoms with van der Waals surface area (Å²) in [6.45, 7) is 7.87. The second kappa shape index (κ2) is 4.89. The van der Waals surface area contributed by atoms with Crippen LogP contribution in [0.4, 0.5) is 0 Å². The fourth-order valence-electron chi connectivity index (χ4n) is 1.45. The van der Waals surface area contributed by atoms with Crippen LogP contribution in [-0.2, 0) is 14.3 Å². The maximum atomic E-state index is 11.4. The number of Topliss-reactive ketones (excluding diaryl/α,β-unsaturated/α-hetero) is 1. The highest BCUT2D eigenvalue weighted by molar-refractivity contribution is 5.81. The van der Waals surface area contributed by atoms with Crippen LogP contribution in [0.2, 0.25) is 0 Å². The van der Waals surface area contributed by atoms with Crippen molar-refractivity contribution in [2.75, 3.05) is 19.8 Å². The van der Waals surface area contributed by atoms with E-state index in [1.54, 1.807) is 0 Å². The molecule has 1 aliphatic heterocycles. The van der Waals surface area contributed by atoms with Gasteiger partial charge in [0.15, 0.2) is 0 Å². The zero-order valence-corrected chi connectivity index (χ0v) is 9.34. The first-order valence-corrected chi connectivity index (χ1v) is 5.23. The van der Waals surface area contributed by atoms with Gasteiger partial charge in [-0.25, -0.2) is 0 Å². The lowest BCUT2D eigenvalue weighted by atomic mass is 9.97. The Hall–Kier alpha value is -0.410. The molecule has 0 aromatic rings. The van der Waals surface area contributed by atoms with Gasteiger partial charge in [0.2, 0.25) is 0 Å². The fraction of sp³-hybridized carbons (Fsp3) is 0.909. The van der Waals surface area contributed by atoms with Gasteiger partial charge in [-0.05, 0) is 27.2 Å². The van der Waals surface area contributed by atoms with Crippen molar-refractivity contribution in [3.8, 4) is 0 Å². The highest BCUT2D eigenvalue weighted by Crippen LogP contribution is 2.15. The molecule has 82 valence electrons. The van der Waals surface area contributed by atoms with E-state index in [-0.39, 0.29) is 11.5 Å². The SMILES string of the molecule is CC(C)(C)OCCC1COCCC1=O. The van der Waals surface area contributed by atoms with E-state index in [0.29, 0.717) is 32.0 Å². The van der Waals surface area contributed by atoms with Crippen molar-refractivity contribution in [3.63, 3.8) is 0 Å². The number of rotatable bonds is 3. The first-order valence-electron chi connectivity index (χ1n) is 5.23. The molecule has 1 unspecified atom stereocenters. The van der Waals surface area contributed by atoms with E-state index in [4.69, 9.17) is 9.47 Å². The summed E-state index contributed by atoms with van der Waals surface area (Å²) >= 11 is 0. The zero-order valence-electron chi connectivity index (χ0n) is 9.34.